The minimum Gasteiger partial charge on any atom is -0.396 e. The maximum Gasteiger partial charge on any atom is 0.0506 e. The van der Waals surface area contributed by atoms with Gasteiger partial charge in [-0.3, -0.25) is 4.90 Å². The van der Waals surface area contributed by atoms with Crippen LogP contribution in [0.5, 0.6) is 0 Å². The van der Waals surface area contributed by atoms with E-state index in [1.807, 2.05) is 6.08 Å². The second kappa shape index (κ2) is 5.11. The van der Waals surface area contributed by atoms with E-state index in [9.17, 15) is 5.11 Å². The summed E-state index contributed by atoms with van der Waals surface area (Å²) in [7, 11) is 2.17. The molecule has 3 nitrogen and oxygen atoms in total. The van der Waals surface area contributed by atoms with E-state index in [2.05, 4.69) is 53.6 Å². The maximum atomic E-state index is 9.58. The van der Waals surface area contributed by atoms with Gasteiger partial charge in [0, 0.05) is 42.1 Å². The lowest BCUT2D eigenvalue weighted by Crippen LogP contribution is -2.43. The van der Waals surface area contributed by atoms with Gasteiger partial charge in [-0.05, 0) is 36.2 Å². The molecule has 1 aromatic heterocycles. The summed E-state index contributed by atoms with van der Waals surface area (Å²) in [5, 5.41) is 11.0. The Morgan fingerprint density at radius 2 is 2.27 bits per heavy atom. The first-order valence-electron chi connectivity index (χ1n) is 7.97. The molecule has 0 bridgehead atoms. The molecular formula is C19H22N2O. The summed E-state index contributed by atoms with van der Waals surface area (Å²) in [5.41, 5.74) is 5.46. The highest BCUT2D eigenvalue weighted by molar-refractivity contribution is 5.98. The van der Waals surface area contributed by atoms with Gasteiger partial charge in [0.25, 0.3) is 0 Å². The molecule has 1 aliphatic heterocycles. The molecule has 22 heavy (non-hydrogen) atoms. The molecule has 1 aromatic carbocycles. The summed E-state index contributed by atoms with van der Waals surface area (Å²) in [5.74, 6) is 0.239. The lowest BCUT2D eigenvalue weighted by molar-refractivity contribution is 0.181. The number of hydrogen-bond donors (Lipinski definition) is 1. The Hall–Kier alpha value is -1.84. The standard InChI is InChI=1S/C19H22N2O/c1-3-7-21-11-14-9-18-16(8-13(12-22)10-20(18)2)15-5-4-6-17(21)19(14)15/h3-6,8,11,13,18,22H,1,7,9-10,12H2,2H3/t13-,18-/m1/s1. The molecule has 0 saturated carbocycles. The number of nitrogens with zero attached hydrogens (tertiary/aromatic N) is 2. The molecule has 2 aliphatic rings. The zero-order valence-corrected chi connectivity index (χ0v) is 13.0. The largest absolute Gasteiger partial charge is 0.396 e. The van der Waals surface area contributed by atoms with Crippen molar-refractivity contribution in [1.29, 1.82) is 0 Å². The van der Waals surface area contributed by atoms with Crippen LogP contribution < -0.4 is 0 Å². The Labute approximate surface area is 131 Å². The van der Waals surface area contributed by atoms with Crippen LogP contribution in [0.3, 0.4) is 0 Å². The van der Waals surface area contributed by atoms with E-state index in [0.717, 1.165) is 19.5 Å². The van der Waals surface area contributed by atoms with Crippen LogP contribution in [-0.2, 0) is 13.0 Å². The maximum absolute atomic E-state index is 9.58. The fraction of sp³-hybridized carbons (Fsp3) is 0.368. The Balaban J connectivity index is 1.94. The zero-order chi connectivity index (χ0) is 15.3. The molecule has 0 amide bonds. The average Bonchev–Trinajstić information content (AvgIpc) is 2.88. The van der Waals surface area contributed by atoms with Crippen molar-refractivity contribution in [2.75, 3.05) is 20.2 Å². The van der Waals surface area contributed by atoms with E-state index in [-0.39, 0.29) is 12.5 Å². The molecule has 4 rings (SSSR count). The van der Waals surface area contributed by atoms with Gasteiger partial charge in [-0.1, -0.05) is 24.3 Å². The van der Waals surface area contributed by atoms with E-state index in [1.54, 1.807) is 0 Å². The van der Waals surface area contributed by atoms with E-state index >= 15 is 0 Å². The number of benzene rings is 1. The quantitative estimate of drug-likeness (QED) is 0.882. The third-order valence-corrected chi connectivity index (χ3v) is 5.10. The SMILES string of the molecule is C=CCn1cc2c3c(cccc31)C1=C[C@@H](CO)CN(C)[C@@H]1C2. The highest BCUT2D eigenvalue weighted by atomic mass is 16.3. The molecule has 2 aromatic rings. The molecule has 0 fully saturated rings. The van der Waals surface area contributed by atoms with Crippen molar-refractivity contribution in [1.82, 2.24) is 9.47 Å². The van der Waals surface area contributed by atoms with Crippen LogP contribution >= 0.6 is 0 Å². The van der Waals surface area contributed by atoms with Crippen molar-refractivity contribution in [3.63, 3.8) is 0 Å². The molecule has 1 N–H and O–H groups in total. The summed E-state index contributed by atoms with van der Waals surface area (Å²) in [6.45, 7) is 5.88. The van der Waals surface area contributed by atoms with E-state index in [4.69, 9.17) is 0 Å². The van der Waals surface area contributed by atoms with Gasteiger partial charge in [-0.15, -0.1) is 6.58 Å². The zero-order valence-electron chi connectivity index (χ0n) is 13.0. The number of hydrogen-bond acceptors (Lipinski definition) is 2. The van der Waals surface area contributed by atoms with Gasteiger partial charge in [0.15, 0.2) is 0 Å². The second-order valence-corrected chi connectivity index (χ2v) is 6.52. The first-order valence-corrected chi connectivity index (χ1v) is 7.97. The Bertz CT molecular complexity index is 771. The predicted molar refractivity (Wildman–Crippen MR) is 90.8 cm³/mol. The van der Waals surface area contributed by atoms with Crippen molar-refractivity contribution < 1.29 is 5.11 Å². The minimum atomic E-state index is 0.223. The molecule has 0 radical (unpaired) electrons. The summed E-state index contributed by atoms with van der Waals surface area (Å²) in [6, 6.07) is 7.01. The normalized spacial score (nSPS) is 24.2. The first kappa shape index (κ1) is 13.8. The van der Waals surface area contributed by atoms with Gasteiger partial charge in [0.1, 0.15) is 0 Å². The number of aromatic nitrogens is 1. The number of aliphatic hydroxyl groups excluding tert-OH is 1. The van der Waals surface area contributed by atoms with E-state index in [0.29, 0.717) is 6.04 Å². The van der Waals surface area contributed by atoms with Gasteiger partial charge in [-0.2, -0.15) is 0 Å². The smallest absolute Gasteiger partial charge is 0.0506 e. The number of aliphatic hydroxyl groups is 1. The van der Waals surface area contributed by atoms with Crippen LogP contribution in [0, 0.1) is 5.92 Å². The fourth-order valence-corrected chi connectivity index (χ4v) is 4.13. The molecule has 2 heterocycles. The van der Waals surface area contributed by atoms with Crippen molar-refractivity contribution in [2.24, 2.45) is 5.92 Å². The summed E-state index contributed by atoms with van der Waals surface area (Å²) >= 11 is 0. The van der Waals surface area contributed by atoms with Crippen LogP contribution in [0.2, 0.25) is 0 Å². The Kier molecular flexibility index (Phi) is 3.21. The van der Waals surface area contributed by atoms with Gasteiger partial charge in [-0.25, -0.2) is 0 Å². The second-order valence-electron chi connectivity index (χ2n) is 6.52. The molecule has 2 atom stereocenters. The highest BCUT2D eigenvalue weighted by Crippen LogP contribution is 2.41. The van der Waals surface area contributed by atoms with Gasteiger partial charge < -0.3 is 9.67 Å². The molecule has 3 heteroatoms. The minimum absolute atomic E-state index is 0.223. The third-order valence-electron chi connectivity index (χ3n) is 5.10. The lowest BCUT2D eigenvalue weighted by Gasteiger charge is -2.39. The number of likely N-dealkylation sites (N-methyl/N-ethyl adjacent to an activating group) is 1. The van der Waals surface area contributed by atoms with Crippen LogP contribution in [-0.4, -0.2) is 40.8 Å². The van der Waals surface area contributed by atoms with E-state index in [1.165, 1.54) is 27.6 Å². The first-order chi connectivity index (χ1) is 10.7. The molecule has 0 unspecified atom stereocenters. The summed E-state index contributed by atoms with van der Waals surface area (Å²) < 4.78 is 2.29. The van der Waals surface area contributed by atoms with Crippen molar-refractivity contribution in [2.45, 2.75) is 19.0 Å². The topological polar surface area (TPSA) is 28.4 Å². The monoisotopic (exact) mass is 294 g/mol. The van der Waals surface area contributed by atoms with Crippen molar-refractivity contribution in [3.05, 3.63) is 54.3 Å². The van der Waals surface area contributed by atoms with Crippen LogP contribution in [0.1, 0.15) is 11.1 Å². The van der Waals surface area contributed by atoms with Crippen molar-refractivity contribution in [3.8, 4) is 0 Å². The average molecular weight is 294 g/mol. The van der Waals surface area contributed by atoms with Crippen LogP contribution in [0.15, 0.2) is 43.1 Å². The summed E-state index contributed by atoms with van der Waals surface area (Å²) in [4.78, 5) is 2.39. The molecule has 1 aliphatic carbocycles. The molecule has 0 spiro atoms. The van der Waals surface area contributed by atoms with Crippen LogP contribution in [0.25, 0.3) is 16.5 Å². The number of fused-ring (bicyclic) bond motifs is 2. The number of rotatable bonds is 3. The van der Waals surface area contributed by atoms with Gasteiger partial charge >= 0.3 is 0 Å². The Morgan fingerprint density at radius 1 is 1.41 bits per heavy atom. The lowest BCUT2D eigenvalue weighted by atomic mass is 9.80. The predicted octanol–water partition coefficient (Wildman–Crippen LogP) is 2.69. The van der Waals surface area contributed by atoms with Crippen LogP contribution in [0.4, 0.5) is 0 Å². The number of allylic oxidation sites excluding steroid dienone is 1. The van der Waals surface area contributed by atoms with Crippen molar-refractivity contribution >= 4 is 16.5 Å². The van der Waals surface area contributed by atoms with Gasteiger partial charge in [0.05, 0.1) is 6.61 Å². The summed E-state index contributed by atoms with van der Waals surface area (Å²) in [6.07, 6.45) is 7.60. The molecule has 114 valence electrons. The highest BCUT2D eigenvalue weighted by Gasteiger charge is 2.33. The molecule has 0 saturated heterocycles. The molecular weight excluding hydrogens is 272 g/mol. The third kappa shape index (κ3) is 1.89. The fourth-order valence-electron chi connectivity index (χ4n) is 4.13. The van der Waals surface area contributed by atoms with E-state index < -0.39 is 0 Å². The Morgan fingerprint density at radius 3 is 3.05 bits per heavy atom. The van der Waals surface area contributed by atoms with Gasteiger partial charge in [0.2, 0.25) is 0 Å².